The SMILES string of the molecule is COc1cc(OC)c2c(c1Cl)O[C@]1(C2=O)C2=C([C@H](N=[N+]=[N-])C[C@H]1C)C(C)(C)C2(C)C. The predicted molar refractivity (Wildman–Crippen MR) is 114 cm³/mol. The molecule has 0 N–H and O–H groups in total. The second-order valence-electron chi connectivity index (χ2n) is 9.36. The van der Waals surface area contributed by atoms with Crippen LogP contribution in [0.2, 0.25) is 5.02 Å². The van der Waals surface area contributed by atoms with Crippen LogP contribution in [0.3, 0.4) is 0 Å². The Bertz CT molecular complexity index is 1050. The van der Waals surface area contributed by atoms with E-state index in [2.05, 4.69) is 37.7 Å². The van der Waals surface area contributed by atoms with E-state index in [1.807, 2.05) is 6.92 Å². The third-order valence-electron chi connectivity index (χ3n) is 7.72. The number of hydrogen-bond acceptors (Lipinski definition) is 5. The molecule has 0 aromatic heterocycles. The minimum Gasteiger partial charge on any atom is -0.496 e. The van der Waals surface area contributed by atoms with Crippen molar-refractivity contribution in [3.63, 3.8) is 0 Å². The molecule has 0 amide bonds. The minimum atomic E-state index is -1.21. The highest BCUT2D eigenvalue weighted by Gasteiger charge is 2.70. The third kappa shape index (κ3) is 2.17. The van der Waals surface area contributed by atoms with Crippen molar-refractivity contribution in [3.8, 4) is 17.2 Å². The van der Waals surface area contributed by atoms with Crippen LogP contribution in [0.5, 0.6) is 17.2 Å². The van der Waals surface area contributed by atoms with Crippen LogP contribution in [0.1, 0.15) is 51.4 Å². The average Bonchev–Trinajstić information content (AvgIpc) is 2.99. The number of nitrogens with zero attached hydrogens (tertiary/aromatic N) is 3. The van der Waals surface area contributed by atoms with Gasteiger partial charge in [0, 0.05) is 16.9 Å². The number of ketones is 1. The number of halogens is 1. The summed E-state index contributed by atoms with van der Waals surface area (Å²) in [6.07, 6.45) is 0.513. The van der Waals surface area contributed by atoms with Crippen molar-refractivity contribution in [1.82, 2.24) is 0 Å². The largest absolute Gasteiger partial charge is 0.496 e. The summed E-state index contributed by atoms with van der Waals surface area (Å²) in [5.41, 5.74) is 9.56. The van der Waals surface area contributed by atoms with Crippen molar-refractivity contribution in [1.29, 1.82) is 0 Å². The molecule has 1 aromatic rings. The molecule has 1 spiro atoms. The topological polar surface area (TPSA) is 93.5 Å². The molecular formula is C22H26ClN3O4. The molecule has 0 fully saturated rings. The molecule has 7 nitrogen and oxygen atoms in total. The average molecular weight is 432 g/mol. The van der Waals surface area contributed by atoms with Gasteiger partial charge in [0.15, 0.2) is 11.4 Å². The van der Waals surface area contributed by atoms with E-state index >= 15 is 0 Å². The van der Waals surface area contributed by atoms with Gasteiger partial charge in [-0.1, -0.05) is 56.9 Å². The van der Waals surface area contributed by atoms with E-state index in [0.717, 1.165) is 11.1 Å². The molecule has 1 aliphatic heterocycles. The number of azide groups is 1. The first-order valence-electron chi connectivity index (χ1n) is 9.98. The van der Waals surface area contributed by atoms with E-state index in [-0.39, 0.29) is 33.6 Å². The van der Waals surface area contributed by atoms with Crippen LogP contribution in [-0.4, -0.2) is 31.6 Å². The lowest BCUT2D eigenvalue weighted by Crippen LogP contribution is -2.65. The number of rotatable bonds is 3. The first-order chi connectivity index (χ1) is 14.0. The van der Waals surface area contributed by atoms with E-state index < -0.39 is 5.60 Å². The lowest BCUT2D eigenvalue weighted by atomic mass is 9.41. The van der Waals surface area contributed by atoms with Crippen LogP contribution in [0.4, 0.5) is 0 Å². The van der Waals surface area contributed by atoms with Crippen LogP contribution in [0, 0.1) is 16.7 Å². The zero-order valence-electron chi connectivity index (χ0n) is 18.3. The standard InChI is InChI=1S/C22H26ClN3O4/c1-10-8-11(25-26-24)15-18(21(4,5)20(15,2)3)22(10)19(27)14-12(28-6)9-13(29-7)16(23)17(14)30-22/h9-11H,8H2,1-7H3/t10-,11-,22+/m1/s1. The Hall–Kier alpha value is -2.37. The third-order valence-corrected chi connectivity index (χ3v) is 8.07. The summed E-state index contributed by atoms with van der Waals surface area (Å²) >= 11 is 6.57. The molecule has 0 bridgehead atoms. The number of fused-ring (bicyclic) bond motifs is 2. The van der Waals surface area contributed by atoms with E-state index in [9.17, 15) is 4.79 Å². The van der Waals surface area contributed by atoms with Gasteiger partial charge in [-0.15, -0.1) is 0 Å². The van der Waals surface area contributed by atoms with Crippen molar-refractivity contribution in [3.05, 3.63) is 38.2 Å². The number of benzene rings is 1. The van der Waals surface area contributed by atoms with Crippen LogP contribution < -0.4 is 14.2 Å². The van der Waals surface area contributed by atoms with E-state index in [1.165, 1.54) is 14.2 Å². The highest BCUT2D eigenvalue weighted by Crippen LogP contribution is 2.70. The Labute approximate surface area is 181 Å². The molecule has 0 saturated heterocycles. The van der Waals surface area contributed by atoms with Gasteiger partial charge in [-0.2, -0.15) is 0 Å². The molecule has 3 aliphatic rings. The van der Waals surface area contributed by atoms with Gasteiger partial charge in [0.1, 0.15) is 22.1 Å². The van der Waals surface area contributed by atoms with Crippen molar-refractivity contribution in [2.45, 2.75) is 52.7 Å². The van der Waals surface area contributed by atoms with Crippen LogP contribution >= 0.6 is 11.6 Å². The van der Waals surface area contributed by atoms with Gasteiger partial charge in [-0.3, -0.25) is 4.79 Å². The summed E-state index contributed by atoms with van der Waals surface area (Å²) in [6, 6.07) is 1.31. The van der Waals surface area contributed by atoms with Gasteiger partial charge < -0.3 is 14.2 Å². The monoisotopic (exact) mass is 431 g/mol. The quantitative estimate of drug-likeness (QED) is 0.263. The Morgan fingerprint density at radius 3 is 2.40 bits per heavy atom. The van der Waals surface area contributed by atoms with E-state index in [1.54, 1.807) is 6.07 Å². The maximum atomic E-state index is 14.0. The fourth-order valence-corrected chi connectivity index (χ4v) is 5.87. The van der Waals surface area contributed by atoms with Crippen molar-refractivity contribution in [2.75, 3.05) is 14.2 Å². The summed E-state index contributed by atoms with van der Waals surface area (Å²) in [5.74, 6) is 0.654. The number of hydrogen-bond donors (Lipinski definition) is 0. The fourth-order valence-electron chi connectivity index (χ4n) is 5.61. The second-order valence-corrected chi connectivity index (χ2v) is 9.74. The maximum Gasteiger partial charge on any atom is 0.218 e. The van der Waals surface area contributed by atoms with E-state index in [0.29, 0.717) is 29.2 Å². The lowest BCUT2D eigenvalue weighted by Gasteiger charge is -2.64. The summed E-state index contributed by atoms with van der Waals surface area (Å²) in [4.78, 5) is 17.1. The minimum absolute atomic E-state index is 0.165. The molecular weight excluding hydrogens is 406 g/mol. The molecule has 0 saturated carbocycles. The van der Waals surface area contributed by atoms with Crippen LogP contribution in [0.15, 0.2) is 22.3 Å². The van der Waals surface area contributed by atoms with Gasteiger partial charge in [0.2, 0.25) is 5.78 Å². The molecule has 30 heavy (non-hydrogen) atoms. The van der Waals surface area contributed by atoms with Gasteiger partial charge in [-0.25, -0.2) is 0 Å². The molecule has 4 rings (SSSR count). The first kappa shape index (κ1) is 20.9. The second kappa shape index (κ2) is 6.32. The number of methoxy groups -OCH3 is 2. The summed E-state index contributed by atoms with van der Waals surface area (Å²) in [6.45, 7) is 10.4. The van der Waals surface area contributed by atoms with Gasteiger partial charge in [0.25, 0.3) is 0 Å². The smallest absolute Gasteiger partial charge is 0.218 e. The Morgan fingerprint density at radius 2 is 1.83 bits per heavy atom. The van der Waals surface area contributed by atoms with Crippen LogP contribution in [0.25, 0.3) is 10.4 Å². The fraction of sp³-hybridized carbons (Fsp3) is 0.591. The van der Waals surface area contributed by atoms with Gasteiger partial charge >= 0.3 is 0 Å². The molecule has 0 unspecified atom stereocenters. The van der Waals surface area contributed by atoms with Gasteiger partial charge in [-0.05, 0) is 28.4 Å². The number of carbonyl (C=O) groups is 1. The molecule has 3 atom stereocenters. The van der Waals surface area contributed by atoms with Gasteiger partial charge in [0.05, 0.1) is 20.3 Å². The maximum absolute atomic E-state index is 14.0. The summed E-state index contributed by atoms with van der Waals surface area (Å²) < 4.78 is 17.4. The zero-order valence-corrected chi connectivity index (χ0v) is 19.0. The highest BCUT2D eigenvalue weighted by molar-refractivity contribution is 6.35. The molecule has 2 aliphatic carbocycles. The lowest BCUT2D eigenvalue weighted by molar-refractivity contribution is -0.0134. The molecule has 1 heterocycles. The number of Topliss-reactive ketones (excluding diaryl/α,β-unsaturated/α-hetero) is 1. The Balaban J connectivity index is 2.02. The number of ether oxygens (including phenoxy) is 3. The zero-order chi connectivity index (χ0) is 22.2. The molecule has 1 aromatic carbocycles. The van der Waals surface area contributed by atoms with Crippen LogP contribution in [-0.2, 0) is 0 Å². The number of carbonyl (C=O) groups excluding carboxylic acids is 1. The van der Waals surface area contributed by atoms with Crippen molar-refractivity contribution >= 4 is 17.4 Å². The Kier molecular flexibility index (Phi) is 4.40. The molecule has 8 heteroatoms. The highest BCUT2D eigenvalue weighted by atomic mass is 35.5. The summed E-state index contributed by atoms with van der Waals surface area (Å²) in [5, 5.41) is 4.32. The summed E-state index contributed by atoms with van der Waals surface area (Å²) in [7, 11) is 3.01. The molecule has 160 valence electrons. The first-order valence-corrected chi connectivity index (χ1v) is 10.4. The molecule has 0 radical (unpaired) electrons. The van der Waals surface area contributed by atoms with Crippen molar-refractivity contribution < 1.29 is 19.0 Å². The van der Waals surface area contributed by atoms with Crippen molar-refractivity contribution in [2.24, 2.45) is 21.9 Å². The normalized spacial score (nSPS) is 30.1. The van der Waals surface area contributed by atoms with E-state index in [4.69, 9.17) is 31.3 Å². The Morgan fingerprint density at radius 1 is 1.20 bits per heavy atom. The predicted octanol–water partition coefficient (Wildman–Crippen LogP) is 5.75.